The summed E-state index contributed by atoms with van der Waals surface area (Å²) in [6.45, 7) is 8.74. The molecule has 1 heterocycles. The summed E-state index contributed by atoms with van der Waals surface area (Å²) in [4.78, 5) is 4.32. The zero-order valence-electron chi connectivity index (χ0n) is 15.2. The largest absolute Gasteiger partial charge is 0.377 e. The third-order valence-corrected chi connectivity index (χ3v) is 4.98. The molecule has 5 heteroatoms. The van der Waals surface area contributed by atoms with Crippen LogP contribution in [0.4, 0.5) is 0 Å². The third-order valence-electron chi connectivity index (χ3n) is 4.98. The molecule has 1 saturated heterocycles. The first-order valence-electron chi connectivity index (χ1n) is 9.27. The predicted octanol–water partition coefficient (Wildman–Crippen LogP) is 2.56. The summed E-state index contributed by atoms with van der Waals surface area (Å²) in [5, 5.41) is 6.85. The van der Waals surface area contributed by atoms with E-state index in [9.17, 15) is 0 Å². The van der Waals surface area contributed by atoms with Crippen molar-refractivity contribution in [2.75, 3.05) is 40.0 Å². The van der Waals surface area contributed by atoms with Crippen molar-refractivity contribution in [1.29, 1.82) is 0 Å². The molecule has 1 unspecified atom stereocenters. The highest BCUT2D eigenvalue weighted by Gasteiger charge is 2.37. The number of aliphatic imine (C=N–C) groups is 1. The lowest BCUT2D eigenvalue weighted by Gasteiger charge is -2.43. The van der Waals surface area contributed by atoms with Gasteiger partial charge in [0.05, 0.1) is 19.3 Å². The van der Waals surface area contributed by atoms with Crippen LogP contribution in [0.25, 0.3) is 0 Å². The molecule has 2 N–H and O–H groups in total. The van der Waals surface area contributed by atoms with E-state index in [2.05, 4.69) is 29.5 Å². The Bertz CT molecular complexity index is 361. The fourth-order valence-corrected chi connectivity index (χ4v) is 3.72. The normalized spacial score (nSPS) is 23.8. The molecule has 0 aromatic rings. The summed E-state index contributed by atoms with van der Waals surface area (Å²) in [7, 11) is 1.83. The maximum absolute atomic E-state index is 5.67. The molecule has 2 rings (SSSR count). The van der Waals surface area contributed by atoms with Gasteiger partial charge >= 0.3 is 0 Å². The highest BCUT2D eigenvalue weighted by molar-refractivity contribution is 5.79. The summed E-state index contributed by atoms with van der Waals surface area (Å²) in [5.41, 5.74) is 0.488. The fraction of sp³-hybridized carbons (Fsp3) is 0.944. The van der Waals surface area contributed by atoms with E-state index in [0.717, 1.165) is 38.0 Å². The average molecular weight is 325 g/mol. The number of guanidine groups is 1. The molecule has 2 aliphatic rings. The zero-order chi connectivity index (χ0) is 16.5. The van der Waals surface area contributed by atoms with Gasteiger partial charge in [0.15, 0.2) is 5.96 Å². The van der Waals surface area contributed by atoms with E-state index >= 15 is 0 Å². The van der Waals surface area contributed by atoms with Crippen molar-refractivity contribution in [3.05, 3.63) is 0 Å². The molecule has 134 valence electrons. The van der Waals surface area contributed by atoms with Crippen molar-refractivity contribution >= 4 is 5.96 Å². The molecular formula is C18H35N3O2. The molecule has 0 spiro atoms. The molecule has 2 fully saturated rings. The Balaban J connectivity index is 1.57. The van der Waals surface area contributed by atoms with E-state index in [-0.39, 0.29) is 0 Å². The zero-order valence-corrected chi connectivity index (χ0v) is 15.2. The smallest absolute Gasteiger partial charge is 0.191 e. The minimum Gasteiger partial charge on any atom is -0.377 e. The number of hydrogen-bond acceptors (Lipinski definition) is 3. The monoisotopic (exact) mass is 325 g/mol. The molecule has 5 nitrogen and oxygen atoms in total. The predicted molar refractivity (Wildman–Crippen MR) is 94.9 cm³/mol. The van der Waals surface area contributed by atoms with Gasteiger partial charge in [0.2, 0.25) is 0 Å². The molecule has 1 saturated carbocycles. The van der Waals surface area contributed by atoms with Gasteiger partial charge in [0.1, 0.15) is 0 Å². The number of ether oxygens (including phenoxy) is 2. The minimum absolute atomic E-state index is 0.307. The van der Waals surface area contributed by atoms with Gasteiger partial charge in [-0.25, -0.2) is 0 Å². The average Bonchev–Trinajstić information content (AvgIpc) is 2.99. The molecule has 0 radical (unpaired) electrons. The van der Waals surface area contributed by atoms with Crippen molar-refractivity contribution in [3.63, 3.8) is 0 Å². The summed E-state index contributed by atoms with van der Waals surface area (Å²) in [6, 6.07) is 0. The number of nitrogens with zero attached hydrogens (tertiary/aromatic N) is 1. The Hall–Kier alpha value is -0.810. The van der Waals surface area contributed by atoms with E-state index in [4.69, 9.17) is 9.47 Å². The topological polar surface area (TPSA) is 54.9 Å². The highest BCUT2D eigenvalue weighted by atomic mass is 16.5. The number of nitrogens with one attached hydrogen (secondary N) is 2. The van der Waals surface area contributed by atoms with E-state index in [1.807, 2.05) is 7.05 Å². The van der Waals surface area contributed by atoms with Crippen LogP contribution in [-0.4, -0.2) is 52.0 Å². The first-order chi connectivity index (χ1) is 11.1. The van der Waals surface area contributed by atoms with Crippen LogP contribution in [0.2, 0.25) is 0 Å². The summed E-state index contributed by atoms with van der Waals surface area (Å²) >= 11 is 0. The van der Waals surface area contributed by atoms with E-state index in [1.54, 1.807) is 0 Å². The first-order valence-corrected chi connectivity index (χ1v) is 9.27. The second-order valence-electron chi connectivity index (χ2n) is 7.51. The highest BCUT2D eigenvalue weighted by Crippen LogP contribution is 2.45. The number of hydrogen-bond donors (Lipinski definition) is 2. The Kier molecular flexibility index (Phi) is 7.63. The number of rotatable bonds is 9. The van der Waals surface area contributed by atoms with Crippen LogP contribution in [-0.2, 0) is 9.47 Å². The van der Waals surface area contributed by atoms with Crippen LogP contribution in [0.15, 0.2) is 4.99 Å². The lowest BCUT2D eigenvalue weighted by atomic mass is 9.64. The van der Waals surface area contributed by atoms with Crippen LogP contribution in [0.1, 0.15) is 52.4 Å². The Morgan fingerprint density at radius 2 is 2.13 bits per heavy atom. The summed E-state index contributed by atoms with van der Waals surface area (Å²) in [5.74, 6) is 1.65. The third kappa shape index (κ3) is 6.30. The van der Waals surface area contributed by atoms with Gasteiger partial charge in [0.25, 0.3) is 0 Å². The summed E-state index contributed by atoms with van der Waals surface area (Å²) in [6.07, 6.45) is 7.98. The van der Waals surface area contributed by atoms with Gasteiger partial charge in [0, 0.05) is 26.7 Å². The van der Waals surface area contributed by atoms with E-state index in [1.165, 1.54) is 32.1 Å². The van der Waals surface area contributed by atoms with Crippen LogP contribution >= 0.6 is 0 Å². The van der Waals surface area contributed by atoms with Gasteiger partial charge in [-0.3, -0.25) is 4.99 Å². The first kappa shape index (κ1) is 18.5. The van der Waals surface area contributed by atoms with Gasteiger partial charge in [-0.2, -0.15) is 0 Å². The van der Waals surface area contributed by atoms with Crippen molar-refractivity contribution in [2.45, 2.75) is 58.5 Å². The van der Waals surface area contributed by atoms with Gasteiger partial charge in [-0.05, 0) is 43.4 Å². The van der Waals surface area contributed by atoms with Crippen molar-refractivity contribution in [3.8, 4) is 0 Å². The molecule has 1 aliphatic heterocycles. The lowest BCUT2D eigenvalue weighted by Crippen LogP contribution is -2.47. The fourth-order valence-electron chi connectivity index (χ4n) is 3.72. The minimum atomic E-state index is 0.307. The Labute approximate surface area is 141 Å². The van der Waals surface area contributed by atoms with Crippen LogP contribution in [0.5, 0.6) is 0 Å². The molecular weight excluding hydrogens is 290 g/mol. The lowest BCUT2D eigenvalue weighted by molar-refractivity contribution is 0.0190. The molecule has 1 atom stereocenters. The molecule has 0 bridgehead atoms. The van der Waals surface area contributed by atoms with Crippen molar-refractivity contribution in [2.24, 2.45) is 16.3 Å². The molecule has 1 aliphatic carbocycles. The van der Waals surface area contributed by atoms with Gasteiger partial charge in [-0.15, -0.1) is 0 Å². The van der Waals surface area contributed by atoms with Gasteiger partial charge < -0.3 is 20.1 Å². The maximum atomic E-state index is 5.67. The molecule has 0 aromatic heterocycles. The molecule has 0 aromatic carbocycles. The maximum Gasteiger partial charge on any atom is 0.191 e. The van der Waals surface area contributed by atoms with Crippen molar-refractivity contribution in [1.82, 2.24) is 10.6 Å². The van der Waals surface area contributed by atoms with Crippen molar-refractivity contribution < 1.29 is 9.47 Å². The Morgan fingerprint density at radius 1 is 1.30 bits per heavy atom. The standard InChI is InChI=1S/C18H35N3O2/c1-15(2)12-18(7-5-8-18)14-21-17(19-3)20-9-11-22-13-16-6-4-10-23-16/h15-16H,4-14H2,1-3H3,(H2,19,20,21). The second-order valence-corrected chi connectivity index (χ2v) is 7.51. The SMILES string of the molecule is CN=C(NCCOCC1CCCO1)NCC1(CC(C)C)CCC1. The molecule has 23 heavy (non-hydrogen) atoms. The second kappa shape index (κ2) is 9.48. The van der Waals surface area contributed by atoms with E-state index in [0.29, 0.717) is 24.7 Å². The quantitative estimate of drug-likeness (QED) is 0.389. The van der Waals surface area contributed by atoms with Gasteiger partial charge in [-0.1, -0.05) is 20.3 Å². The Morgan fingerprint density at radius 3 is 2.70 bits per heavy atom. The summed E-state index contributed by atoms with van der Waals surface area (Å²) < 4.78 is 11.2. The molecule has 0 amide bonds. The van der Waals surface area contributed by atoms with Crippen LogP contribution < -0.4 is 10.6 Å². The van der Waals surface area contributed by atoms with Crippen LogP contribution in [0, 0.1) is 11.3 Å². The van der Waals surface area contributed by atoms with Crippen LogP contribution in [0.3, 0.4) is 0 Å². The van der Waals surface area contributed by atoms with E-state index < -0.39 is 0 Å².